The van der Waals surface area contributed by atoms with Crippen molar-refractivity contribution in [2.24, 2.45) is 5.73 Å². The van der Waals surface area contributed by atoms with Crippen molar-refractivity contribution in [1.82, 2.24) is 5.43 Å². The Kier molecular flexibility index (Phi) is 7.77. The highest BCUT2D eigenvalue weighted by Gasteiger charge is 2.40. The molecule has 3 N–H and O–H groups in total. The number of rotatable bonds is 4. The number of fused-ring (bicyclic) bond motifs is 1. The monoisotopic (exact) mass is 457 g/mol. The Labute approximate surface area is 185 Å². The van der Waals surface area contributed by atoms with Gasteiger partial charge in [-0.15, -0.1) is 12.4 Å². The zero-order valence-electron chi connectivity index (χ0n) is 15.9. The van der Waals surface area contributed by atoms with Crippen molar-refractivity contribution in [3.8, 4) is 0 Å². The SMILES string of the molecule is COC(=O)C1CC(c2ccc(CN)cc2)c2c(Cl)cc(Cl)cc2N1NC(C)=O.Cl. The predicted molar refractivity (Wildman–Crippen MR) is 117 cm³/mol. The number of hydrogen-bond donors (Lipinski definition) is 2. The lowest BCUT2D eigenvalue weighted by Crippen LogP contribution is -2.55. The van der Waals surface area contributed by atoms with Crippen LogP contribution in [0.25, 0.3) is 0 Å². The average Bonchev–Trinajstić information content (AvgIpc) is 2.67. The third kappa shape index (κ3) is 4.78. The van der Waals surface area contributed by atoms with E-state index in [2.05, 4.69) is 5.43 Å². The molecule has 6 nitrogen and oxygen atoms in total. The lowest BCUT2D eigenvalue weighted by atomic mass is 9.81. The number of hydrogen-bond acceptors (Lipinski definition) is 5. The molecule has 0 saturated carbocycles. The first-order chi connectivity index (χ1) is 13.3. The van der Waals surface area contributed by atoms with Crippen molar-refractivity contribution in [2.75, 3.05) is 12.1 Å². The molecule has 2 unspecified atom stereocenters. The van der Waals surface area contributed by atoms with Gasteiger partial charge in [0.15, 0.2) is 0 Å². The van der Waals surface area contributed by atoms with E-state index >= 15 is 0 Å². The van der Waals surface area contributed by atoms with Crippen molar-refractivity contribution < 1.29 is 14.3 Å². The summed E-state index contributed by atoms with van der Waals surface area (Å²) in [5, 5.41) is 2.36. The van der Waals surface area contributed by atoms with Gasteiger partial charge in [-0.2, -0.15) is 0 Å². The van der Waals surface area contributed by atoms with E-state index in [9.17, 15) is 9.59 Å². The molecule has 3 rings (SSSR count). The van der Waals surface area contributed by atoms with Crippen LogP contribution >= 0.6 is 35.6 Å². The second-order valence-corrected chi connectivity index (χ2v) is 7.47. The molecule has 0 saturated heterocycles. The number of esters is 1. The molecule has 2 aromatic rings. The van der Waals surface area contributed by atoms with E-state index in [-0.39, 0.29) is 24.2 Å². The molecule has 0 fully saturated rings. The van der Waals surface area contributed by atoms with Gasteiger partial charge >= 0.3 is 5.97 Å². The summed E-state index contributed by atoms with van der Waals surface area (Å²) in [5.74, 6) is -0.957. The molecular weight excluding hydrogens is 437 g/mol. The lowest BCUT2D eigenvalue weighted by molar-refractivity contribution is -0.142. The second-order valence-electron chi connectivity index (χ2n) is 6.63. The van der Waals surface area contributed by atoms with Gasteiger partial charge in [0.1, 0.15) is 6.04 Å². The van der Waals surface area contributed by atoms with Crippen LogP contribution in [0.3, 0.4) is 0 Å². The molecule has 1 amide bonds. The fraction of sp³-hybridized carbons (Fsp3) is 0.300. The van der Waals surface area contributed by atoms with Gasteiger partial charge in [0.05, 0.1) is 12.8 Å². The maximum atomic E-state index is 12.5. The normalized spacial score (nSPS) is 17.8. The van der Waals surface area contributed by atoms with E-state index in [0.717, 1.165) is 16.7 Å². The number of amides is 1. The zero-order valence-corrected chi connectivity index (χ0v) is 18.3. The highest BCUT2D eigenvalue weighted by Crippen LogP contribution is 2.46. The number of methoxy groups -OCH3 is 1. The summed E-state index contributed by atoms with van der Waals surface area (Å²) in [6.45, 7) is 1.82. The van der Waals surface area contributed by atoms with Crippen molar-refractivity contribution >= 4 is 53.2 Å². The quantitative estimate of drug-likeness (QED) is 0.681. The van der Waals surface area contributed by atoms with E-state index in [1.807, 2.05) is 24.3 Å². The molecule has 0 aliphatic carbocycles. The summed E-state index contributed by atoms with van der Waals surface area (Å²) in [5.41, 5.74) is 11.8. The standard InChI is InChI=1S/C20H21Cl2N3O3.ClH/c1-11(26)24-25-17-8-14(21)7-16(22)19(17)15(9-18(25)20(27)28-2)13-5-3-12(10-23)4-6-13;/h3-8,15,18H,9-10,23H2,1-2H3,(H,24,26);1H. The molecule has 0 aromatic heterocycles. The van der Waals surface area contributed by atoms with Crippen LogP contribution in [0.5, 0.6) is 0 Å². The number of carbonyl (C=O) groups is 2. The first-order valence-electron chi connectivity index (χ1n) is 8.77. The summed E-state index contributed by atoms with van der Waals surface area (Å²) < 4.78 is 4.98. The number of nitrogens with two attached hydrogens (primary N) is 1. The Morgan fingerprint density at radius 1 is 1.24 bits per heavy atom. The molecule has 1 aliphatic heterocycles. The molecule has 0 spiro atoms. The van der Waals surface area contributed by atoms with Crippen LogP contribution in [0, 0.1) is 0 Å². The van der Waals surface area contributed by atoms with E-state index in [0.29, 0.717) is 28.7 Å². The molecule has 1 heterocycles. The molecule has 2 atom stereocenters. The highest BCUT2D eigenvalue weighted by molar-refractivity contribution is 6.35. The Morgan fingerprint density at radius 3 is 2.45 bits per heavy atom. The smallest absolute Gasteiger partial charge is 0.330 e. The van der Waals surface area contributed by atoms with Crippen molar-refractivity contribution in [3.63, 3.8) is 0 Å². The fourth-order valence-electron chi connectivity index (χ4n) is 3.56. The van der Waals surface area contributed by atoms with Gasteiger partial charge < -0.3 is 10.5 Å². The van der Waals surface area contributed by atoms with Gasteiger partial charge in [-0.25, -0.2) is 4.79 Å². The Bertz CT molecular complexity index is 906. The van der Waals surface area contributed by atoms with Gasteiger partial charge in [0.25, 0.3) is 0 Å². The van der Waals surface area contributed by atoms with Crippen LogP contribution in [-0.2, 0) is 20.9 Å². The minimum absolute atomic E-state index is 0. The first-order valence-corrected chi connectivity index (χ1v) is 9.53. The molecule has 9 heteroatoms. The number of anilines is 1. The molecule has 2 aromatic carbocycles. The molecule has 0 radical (unpaired) electrons. The molecular formula is C20H22Cl3N3O3. The summed E-state index contributed by atoms with van der Waals surface area (Å²) in [7, 11) is 1.32. The van der Waals surface area contributed by atoms with Crippen LogP contribution in [-0.4, -0.2) is 25.0 Å². The van der Waals surface area contributed by atoms with Crippen molar-refractivity contribution in [1.29, 1.82) is 0 Å². The summed E-state index contributed by atoms with van der Waals surface area (Å²) in [6.07, 6.45) is 0.378. The van der Waals surface area contributed by atoms with E-state index in [1.54, 1.807) is 12.1 Å². The summed E-state index contributed by atoms with van der Waals surface area (Å²) in [6, 6.07) is 10.5. The summed E-state index contributed by atoms with van der Waals surface area (Å²) >= 11 is 12.8. The molecule has 0 bridgehead atoms. The number of nitrogens with zero attached hydrogens (tertiary/aromatic N) is 1. The van der Waals surface area contributed by atoms with Crippen LogP contribution in [0.15, 0.2) is 36.4 Å². The van der Waals surface area contributed by atoms with Crippen LogP contribution in [0.4, 0.5) is 5.69 Å². The topological polar surface area (TPSA) is 84.7 Å². The number of nitrogens with one attached hydrogen (secondary N) is 1. The summed E-state index contributed by atoms with van der Waals surface area (Å²) in [4.78, 5) is 24.3. The van der Waals surface area contributed by atoms with E-state index < -0.39 is 12.0 Å². The van der Waals surface area contributed by atoms with Crippen LogP contribution in [0.2, 0.25) is 10.0 Å². The van der Waals surface area contributed by atoms with Gasteiger partial charge in [0.2, 0.25) is 5.91 Å². The maximum absolute atomic E-state index is 12.5. The zero-order chi connectivity index (χ0) is 20.4. The average molecular weight is 459 g/mol. The van der Waals surface area contributed by atoms with Crippen LogP contribution < -0.4 is 16.2 Å². The number of benzene rings is 2. The number of hydrazine groups is 1. The third-order valence-electron chi connectivity index (χ3n) is 4.82. The van der Waals surface area contributed by atoms with Gasteiger partial charge in [-0.05, 0) is 29.7 Å². The van der Waals surface area contributed by atoms with Gasteiger partial charge in [-0.3, -0.25) is 15.2 Å². The number of carbonyl (C=O) groups excluding carboxylic acids is 2. The van der Waals surface area contributed by atoms with E-state index in [1.165, 1.54) is 19.0 Å². The van der Waals surface area contributed by atoms with E-state index in [4.69, 9.17) is 33.7 Å². The Balaban J connectivity index is 0.00000300. The largest absolute Gasteiger partial charge is 0.467 e. The van der Waals surface area contributed by atoms with Gasteiger partial charge in [-0.1, -0.05) is 47.5 Å². The minimum atomic E-state index is -0.727. The van der Waals surface area contributed by atoms with Crippen molar-refractivity contribution in [2.45, 2.75) is 31.8 Å². The number of halogens is 3. The fourth-order valence-corrected chi connectivity index (χ4v) is 4.18. The number of ether oxygens (including phenoxy) is 1. The molecule has 29 heavy (non-hydrogen) atoms. The third-order valence-corrected chi connectivity index (χ3v) is 5.35. The Morgan fingerprint density at radius 2 is 1.90 bits per heavy atom. The van der Waals surface area contributed by atoms with Crippen molar-refractivity contribution in [3.05, 3.63) is 63.1 Å². The maximum Gasteiger partial charge on any atom is 0.330 e. The molecule has 1 aliphatic rings. The molecule has 156 valence electrons. The predicted octanol–water partition coefficient (Wildman–Crippen LogP) is 3.81. The minimum Gasteiger partial charge on any atom is -0.467 e. The van der Waals surface area contributed by atoms with Gasteiger partial charge in [0, 0.05) is 35.0 Å². The second kappa shape index (κ2) is 9.67. The highest BCUT2D eigenvalue weighted by atomic mass is 35.5. The Hall–Kier alpha value is -1.99. The first kappa shape index (κ1) is 23.3. The van der Waals surface area contributed by atoms with Crippen LogP contribution in [0.1, 0.15) is 36.0 Å². The lowest BCUT2D eigenvalue weighted by Gasteiger charge is -2.41.